The van der Waals surface area contributed by atoms with E-state index in [1.807, 2.05) is 19.1 Å². The molecule has 1 saturated heterocycles. The Labute approximate surface area is 112 Å². The van der Waals surface area contributed by atoms with Crippen molar-refractivity contribution in [3.8, 4) is 0 Å². The zero-order valence-electron chi connectivity index (χ0n) is 10.3. The van der Waals surface area contributed by atoms with Crippen molar-refractivity contribution in [2.45, 2.75) is 13.0 Å². The van der Waals surface area contributed by atoms with E-state index in [2.05, 4.69) is 14.8 Å². The number of rotatable bonds is 3. The maximum absolute atomic E-state index is 11.1. The standard InChI is InChI=1S/C12H17ClN4O/c1-9(11(14)18)16-5-7-17(8-6-16)12-10(13)3-2-4-15-12/h2-4,9H,5-8H2,1H3,(H2,14,18). The SMILES string of the molecule is CC(C(N)=O)N1CCN(c2ncccc2Cl)CC1. The molecule has 1 atom stereocenters. The highest BCUT2D eigenvalue weighted by molar-refractivity contribution is 6.32. The van der Waals surface area contributed by atoms with E-state index in [9.17, 15) is 4.79 Å². The summed E-state index contributed by atoms with van der Waals surface area (Å²) in [5, 5.41) is 0.661. The number of aromatic nitrogens is 1. The van der Waals surface area contributed by atoms with Crippen molar-refractivity contribution in [3.05, 3.63) is 23.4 Å². The molecule has 1 aliphatic heterocycles. The maximum Gasteiger partial charge on any atom is 0.234 e. The van der Waals surface area contributed by atoms with E-state index in [1.165, 1.54) is 0 Å². The van der Waals surface area contributed by atoms with Crippen molar-refractivity contribution < 1.29 is 4.79 Å². The zero-order valence-corrected chi connectivity index (χ0v) is 11.1. The van der Waals surface area contributed by atoms with Crippen LogP contribution in [0.1, 0.15) is 6.92 Å². The van der Waals surface area contributed by atoms with Gasteiger partial charge in [0.2, 0.25) is 5.91 Å². The minimum atomic E-state index is -0.278. The van der Waals surface area contributed by atoms with Crippen LogP contribution in [-0.2, 0) is 4.79 Å². The van der Waals surface area contributed by atoms with E-state index in [0.717, 1.165) is 32.0 Å². The molecule has 1 aromatic rings. The molecule has 98 valence electrons. The van der Waals surface area contributed by atoms with Crippen LogP contribution in [0.25, 0.3) is 0 Å². The van der Waals surface area contributed by atoms with E-state index < -0.39 is 0 Å². The minimum absolute atomic E-state index is 0.216. The summed E-state index contributed by atoms with van der Waals surface area (Å²) < 4.78 is 0. The van der Waals surface area contributed by atoms with Crippen molar-refractivity contribution in [2.24, 2.45) is 5.73 Å². The predicted molar refractivity (Wildman–Crippen MR) is 71.7 cm³/mol. The monoisotopic (exact) mass is 268 g/mol. The Balaban J connectivity index is 1.99. The molecule has 0 radical (unpaired) electrons. The van der Waals surface area contributed by atoms with Crippen LogP contribution in [0.4, 0.5) is 5.82 Å². The average Bonchev–Trinajstić information content (AvgIpc) is 2.38. The summed E-state index contributed by atoms with van der Waals surface area (Å²) in [6.45, 7) is 5.02. The Bertz CT molecular complexity index is 432. The molecule has 2 rings (SSSR count). The third-order valence-electron chi connectivity index (χ3n) is 3.31. The van der Waals surface area contributed by atoms with Gasteiger partial charge in [0.05, 0.1) is 11.1 Å². The smallest absolute Gasteiger partial charge is 0.234 e. The number of pyridine rings is 1. The van der Waals surface area contributed by atoms with Crippen LogP contribution < -0.4 is 10.6 Å². The molecule has 6 heteroatoms. The maximum atomic E-state index is 11.1. The van der Waals surface area contributed by atoms with Gasteiger partial charge in [-0.2, -0.15) is 0 Å². The van der Waals surface area contributed by atoms with Gasteiger partial charge in [0.1, 0.15) is 5.82 Å². The van der Waals surface area contributed by atoms with Gasteiger partial charge in [0.15, 0.2) is 0 Å². The lowest BCUT2D eigenvalue weighted by atomic mass is 10.2. The van der Waals surface area contributed by atoms with E-state index in [0.29, 0.717) is 5.02 Å². The summed E-state index contributed by atoms with van der Waals surface area (Å²) in [4.78, 5) is 19.6. The van der Waals surface area contributed by atoms with Gasteiger partial charge < -0.3 is 10.6 Å². The fourth-order valence-electron chi connectivity index (χ4n) is 2.11. The quantitative estimate of drug-likeness (QED) is 0.878. The highest BCUT2D eigenvalue weighted by Crippen LogP contribution is 2.23. The third kappa shape index (κ3) is 2.73. The number of piperazine rings is 1. The number of anilines is 1. The van der Waals surface area contributed by atoms with Gasteiger partial charge in [-0.25, -0.2) is 4.98 Å². The topological polar surface area (TPSA) is 62.5 Å². The molecule has 0 bridgehead atoms. The largest absolute Gasteiger partial charge is 0.368 e. The van der Waals surface area contributed by atoms with Crippen LogP contribution in [0.3, 0.4) is 0 Å². The zero-order chi connectivity index (χ0) is 13.1. The van der Waals surface area contributed by atoms with E-state index in [1.54, 1.807) is 6.20 Å². The van der Waals surface area contributed by atoms with Crippen LogP contribution in [-0.4, -0.2) is 48.0 Å². The first-order valence-corrected chi connectivity index (χ1v) is 6.36. The second-order valence-corrected chi connectivity index (χ2v) is 4.82. The van der Waals surface area contributed by atoms with Gasteiger partial charge in [-0.1, -0.05) is 11.6 Å². The summed E-state index contributed by atoms with van der Waals surface area (Å²) in [5.74, 6) is 0.532. The molecule has 0 aliphatic carbocycles. The van der Waals surface area contributed by atoms with Crippen molar-refractivity contribution in [1.29, 1.82) is 0 Å². The number of primary amides is 1. The first kappa shape index (κ1) is 13.1. The van der Waals surface area contributed by atoms with Crippen molar-refractivity contribution in [2.75, 3.05) is 31.1 Å². The lowest BCUT2D eigenvalue weighted by molar-refractivity contribution is -0.122. The first-order valence-electron chi connectivity index (χ1n) is 5.98. The molecule has 1 unspecified atom stereocenters. The Kier molecular flexibility index (Phi) is 4.04. The highest BCUT2D eigenvalue weighted by Gasteiger charge is 2.25. The van der Waals surface area contributed by atoms with E-state index in [-0.39, 0.29) is 11.9 Å². The summed E-state index contributed by atoms with van der Waals surface area (Å²) in [5.41, 5.74) is 5.31. The van der Waals surface area contributed by atoms with Gasteiger partial charge in [-0.05, 0) is 19.1 Å². The Morgan fingerprint density at radius 2 is 2.11 bits per heavy atom. The molecule has 18 heavy (non-hydrogen) atoms. The molecule has 5 nitrogen and oxygen atoms in total. The highest BCUT2D eigenvalue weighted by atomic mass is 35.5. The molecule has 2 N–H and O–H groups in total. The van der Waals surface area contributed by atoms with Crippen LogP contribution in [0.2, 0.25) is 5.02 Å². The normalized spacial score (nSPS) is 18.7. The molecular weight excluding hydrogens is 252 g/mol. The van der Waals surface area contributed by atoms with Gasteiger partial charge in [-0.3, -0.25) is 9.69 Å². The molecule has 1 aliphatic rings. The van der Waals surface area contributed by atoms with Gasteiger partial charge >= 0.3 is 0 Å². The van der Waals surface area contributed by atoms with E-state index >= 15 is 0 Å². The molecular formula is C12H17ClN4O. The fourth-order valence-corrected chi connectivity index (χ4v) is 2.35. The van der Waals surface area contributed by atoms with Crippen LogP contribution in [0.15, 0.2) is 18.3 Å². The molecule has 0 saturated carbocycles. The van der Waals surface area contributed by atoms with E-state index in [4.69, 9.17) is 17.3 Å². The Hall–Kier alpha value is -1.33. The van der Waals surface area contributed by atoms with Crippen LogP contribution >= 0.6 is 11.6 Å². The predicted octanol–water partition coefficient (Wildman–Crippen LogP) is 0.731. The number of nitrogens with zero attached hydrogens (tertiary/aromatic N) is 3. The molecule has 1 fully saturated rings. The van der Waals surface area contributed by atoms with Gasteiger partial charge in [-0.15, -0.1) is 0 Å². The summed E-state index contributed by atoms with van der Waals surface area (Å²) >= 11 is 6.12. The van der Waals surface area contributed by atoms with Gasteiger partial charge in [0, 0.05) is 32.4 Å². The average molecular weight is 269 g/mol. The molecule has 0 aromatic carbocycles. The minimum Gasteiger partial charge on any atom is -0.368 e. The van der Waals surface area contributed by atoms with Gasteiger partial charge in [0.25, 0.3) is 0 Å². The lowest BCUT2D eigenvalue weighted by Gasteiger charge is -2.37. The summed E-state index contributed by atoms with van der Waals surface area (Å²) in [6.07, 6.45) is 1.74. The van der Waals surface area contributed by atoms with Crippen LogP contribution in [0, 0.1) is 0 Å². The Morgan fingerprint density at radius 3 is 2.67 bits per heavy atom. The van der Waals surface area contributed by atoms with Crippen molar-refractivity contribution in [1.82, 2.24) is 9.88 Å². The number of hydrogen-bond acceptors (Lipinski definition) is 4. The van der Waals surface area contributed by atoms with Crippen molar-refractivity contribution in [3.63, 3.8) is 0 Å². The molecule has 1 aromatic heterocycles. The third-order valence-corrected chi connectivity index (χ3v) is 3.61. The number of carbonyl (C=O) groups excluding carboxylic acids is 1. The number of hydrogen-bond donors (Lipinski definition) is 1. The van der Waals surface area contributed by atoms with Crippen LogP contribution in [0.5, 0.6) is 0 Å². The molecule has 1 amide bonds. The Morgan fingerprint density at radius 1 is 1.44 bits per heavy atom. The molecule has 0 spiro atoms. The number of nitrogens with two attached hydrogens (primary N) is 1. The van der Waals surface area contributed by atoms with Crippen molar-refractivity contribution >= 4 is 23.3 Å². The second kappa shape index (κ2) is 5.54. The number of amides is 1. The first-order chi connectivity index (χ1) is 8.59. The fraction of sp³-hybridized carbons (Fsp3) is 0.500. The molecule has 2 heterocycles. The lowest BCUT2D eigenvalue weighted by Crippen LogP contribution is -2.53. The number of halogens is 1. The second-order valence-electron chi connectivity index (χ2n) is 4.41. The number of carbonyl (C=O) groups is 1. The summed E-state index contributed by atoms with van der Waals surface area (Å²) in [6, 6.07) is 3.44. The summed E-state index contributed by atoms with van der Waals surface area (Å²) in [7, 11) is 0.